The summed E-state index contributed by atoms with van der Waals surface area (Å²) in [7, 11) is 0. The maximum atomic E-state index is 13.9. The van der Waals surface area contributed by atoms with Gasteiger partial charge in [0.15, 0.2) is 11.6 Å². The Balaban J connectivity index is 1.68. The van der Waals surface area contributed by atoms with Crippen molar-refractivity contribution in [3.05, 3.63) is 106 Å². The number of carbonyl (C=O) groups excluding carboxylic acids is 3. The van der Waals surface area contributed by atoms with Crippen molar-refractivity contribution in [1.29, 1.82) is 0 Å². The van der Waals surface area contributed by atoms with E-state index in [1.807, 2.05) is 0 Å². The highest BCUT2D eigenvalue weighted by molar-refractivity contribution is 6.07. The monoisotopic (exact) mass is 647 g/mol. The van der Waals surface area contributed by atoms with E-state index >= 15 is 0 Å². The Morgan fingerprint density at radius 2 is 1.39 bits per heavy atom. The Hall–Kier alpha value is -4.48. The number of rotatable bonds is 11. The average Bonchev–Trinajstić information content (AvgIpc) is 3.02. The van der Waals surface area contributed by atoms with Crippen LogP contribution < -0.4 is 5.32 Å². The first kappa shape index (κ1) is 34.4. The fraction of sp³-hybridized carbons (Fsp3) is 0.353. The van der Waals surface area contributed by atoms with Crippen LogP contribution in [-0.2, 0) is 17.1 Å². The number of aliphatic carboxylic acids is 1. The van der Waals surface area contributed by atoms with Crippen LogP contribution in [0.25, 0.3) is 0 Å². The maximum absolute atomic E-state index is 13.9. The summed E-state index contributed by atoms with van der Waals surface area (Å²) in [5, 5.41) is 11.2. The number of hydrogen-bond acceptors (Lipinski definition) is 4. The van der Waals surface area contributed by atoms with Gasteiger partial charge in [0.2, 0.25) is 0 Å². The van der Waals surface area contributed by atoms with Gasteiger partial charge in [0.1, 0.15) is 0 Å². The van der Waals surface area contributed by atoms with E-state index in [1.165, 1.54) is 24.3 Å². The molecule has 4 rings (SSSR count). The topological polar surface area (TPSA) is 101 Å². The number of nitrogens with one attached hydrogen (secondary N) is 1. The van der Waals surface area contributed by atoms with Gasteiger partial charge in [0.05, 0.1) is 23.5 Å². The van der Waals surface area contributed by atoms with E-state index in [9.17, 15) is 45.5 Å². The molecule has 0 spiro atoms. The summed E-state index contributed by atoms with van der Waals surface area (Å²) < 4.78 is 82.5. The van der Waals surface area contributed by atoms with Crippen LogP contribution in [0.2, 0.25) is 0 Å². The Labute approximate surface area is 260 Å². The predicted molar refractivity (Wildman–Crippen MR) is 156 cm³/mol. The molecular formula is C34H31F6NO5. The lowest BCUT2D eigenvalue weighted by Gasteiger charge is -2.23. The number of Topliss-reactive ketones (excluding diaryl/α,β-unsaturated/α-hetero) is 2. The molecule has 2 N–H and O–H groups in total. The second-order valence-corrected chi connectivity index (χ2v) is 11.2. The quantitative estimate of drug-likeness (QED) is 0.161. The minimum absolute atomic E-state index is 0.0105. The molecular weight excluding hydrogens is 616 g/mol. The van der Waals surface area contributed by atoms with Crippen LogP contribution in [0.1, 0.15) is 110 Å². The summed E-state index contributed by atoms with van der Waals surface area (Å²) in [6.07, 6.45) is -6.82. The minimum atomic E-state index is -5.50. The zero-order chi connectivity index (χ0) is 33.6. The molecule has 1 aliphatic carbocycles. The molecule has 1 amide bonds. The van der Waals surface area contributed by atoms with Crippen LogP contribution in [0.5, 0.6) is 0 Å². The SMILES string of the molecule is O=C(O)CCNC(=O)c1ccc(C(=O)C(CC(=O)c2cccc(C(F)(F)F)c2C(F)(F)F)c2ccc(C3CCCCC3)cc2)cc1. The van der Waals surface area contributed by atoms with E-state index in [4.69, 9.17) is 5.11 Å². The number of carbonyl (C=O) groups is 4. The van der Waals surface area contributed by atoms with Crippen LogP contribution in [0.15, 0.2) is 66.7 Å². The molecule has 3 aromatic rings. The second-order valence-electron chi connectivity index (χ2n) is 11.2. The van der Waals surface area contributed by atoms with Gasteiger partial charge >= 0.3 is 18.3 Å². The standard InChI is InChI=1S/C34H31F6NO5/c35-33(36,37)27-8-4-7-25(30(27)34(38,39)40)28(42)19-26(22-11-9-21(10-12-22)20-5-2-1-3-6-20)31(45)23-13-15-24(16-14-23)32(46)41-18-17-29(43)44/h4,7-16,20,26H,1-3,5-6,17-19H2,(H,41,46)(H,43,44). The maximum Gasteiger partial charge on any atom is 0.417 e. The van der Waals surface area contributed by atoms with Gasteiger partial charge < -0.3 is 10.4 Å². The fourth-order valence-electron chi connectivity index (χ4n) is 5.79. The average molecular weight is 648 g/mol. The van der Waals surface area contributed by atoms with Crippen molar-refractivity contribution in [2.45, 2.75) is 69.1 Å². The highest BCUT2D eigenvalue weighted by Crippen LogP contribution is 2.43. The van der Waals surface area contributed by atoms with E-state index in [0.717, 1.165) is 43.7 Å². The lowest BCUT2D eigenvalue weighted by Crippen LogP contribution is -2.26. The molecule has 12 heteroatoms. The first-order chi connectivity index (χ1) is 21.7. The summed E-state index contributed by atoms with van der Waals surface area (Å²) in [5.74, 6) is -4.73. The summed E-state index contributed by atoms with van der Waals surface area (Å²) in [6.45, 7) is -0.134. The van der Waals surface area contributed by atoms with Gasteiger partial charge in [-0.3, -0.25) is 19.2 Å². The van der Waals surface area contributed by atoms with Gasteiger partial charge in [-0.15, -0.1) is 0 Å². The van der Waals surface area contributed by atoms with E-state index in [-0.39, 0.29) is 30.2 Å². The molecule has 0 bridgehead atoms. The zero-order valence-electron chi connectivity index (χ0n) is 24.5. The molecule has 0 aliphatic heterocycles. The highest BCUT2D eigenvalue weighted by Gasteiger charge is 2.46. The number of benzene rings is 3. The minimum Gasteiger partial charge on any atom is -0.481 e. The van der Waals surface area contributed by atoms with Crippen LogP contribution in [-0.4, -0.2) is 35.1 Å². The second kappa shape index (κ2) is 14.3. The van der Waals surface area contributed by atoms with Crippen molar-refractivity contribution in [3.63, 3.8) is 0 Å². The predicted octanol–water partition coefficient (Wildman–Crippen LogP) is 8.22. The summed E-state index contributed by atoms with van der Waals surface area (Å²) in [4.78, 5) is 50.2. The van der Waals surface area contributed by atoms with Crippen molar-refractivity contribution in [3.8, 4) is 0 Å². The van der Waals surface area contributed by atoms with Gasteiger partial charge in [-0.2, -0.15) is 26.3 Å². The molecule has 1 aliphatic rings. The van der Waals surface area contributed by atoms with E-state index in [2.05, 4.69) is 5.32 Å². The van der Waals surface area contributed by atoms with E-state index in [1.54, 1.807) is 24.3 Å². The molecule has 244 valence electrons. The fourth-order valence-corrected chi connectivity index (χ4v) is 5.79. The summed E-state index contributed by atoms with van der Waals surface area (Å²) in [6, 6.07) is 13.6. The Morgan fingerprint density at radius 1 is 0.783 bits per heavy atom. The molecule has 1 fully saturated rings. The van der Waals surface area contributed by atoms with Crippen LogP contribution >= 0.6 is 0 Å². The molecule has 46 heavy (non-hydrogen) atoms. The summed E-state index contributed by atoms with van der Waals surface area (Å²) >= 11 is 0. The third-order valence-electron chi connectivity index (χ3n) is 8.13. The van der Waals surface area contributed by atoms with Gasteiger partial charge in [-0.1, -0.05) is 67.8 Å². The number of halogens is 6. The molecule has 1 unspecified atom stereocenters. The number of carboxylic acid groups (broad SMARTS) is 1. The molecule has 3 aromatic carbocycles. The first-order valence-corrected chi connectivity index (χ1v) is 14.7. The highest BCUT2D eigenvalue weighted by atomic mass is 19.4. The molecule has 0 radical (unpaired) electrons. The Morgan fingerprint density at radius 3 is 1.96 bits per heavy atom. The van der Waals surface area contributed by atoms with Crippen molar-refractivity contribution >= 4 is 23.4 Å². The van der Waals surface area contributed by atoms with Crippen LogP contribution in [0, 0.1) is 0 Å². The number of amides is 1. The van der Waals surface area contributed by atoms with Crippen LogP contribution in [0.3, 0.4) is 0 Å². The van der Waals surface area contributed by atoms with Crippen molar-refractivity contribution in [1.82, 2.24) is 5.32 Å². The van der Waals surface area contributed by atoms with Gasteiger partial charge in [0.25, 0.3) is 5.91 Å². The number of ketones is 2. The van der Waals surface area contributed by atoms with E-state index in [0.29, 0.717) is 17.5 Å². The Bertz CT molecular complexity index is 1570. The number of hydrogen-bond donors (Lipinski definition) is 2. The number of alkyl halides is 6. The molecule has 0 heterocycles. The van der Waals surface area contributed by atoms with Gasteiger partial charge in [-0.25, -0.2) is 0 Å². The zero-order valence-corrected chi connectivity index (χ0v) is 24.5. The van der Waals surface area contributed by atoms with Crippen molar-refractivity contribution in [2.24, 2.45) is 0 Å². The smallest absolute Gasteiger partial charge is 0.417 e. The molecule has 1 saturated carbocycles. The van der Waals surface area contributed by atoms with Gasteiger partial charge in [0, 0.05) is 29.7 Å². The third kappa shape index (κ3) is 8.41. The third-order valence-corrected chi connectivity index (χ3v) is 8.13. The van der Waals surface area contributed by atoms with Crippen LogP contribution in [0.4, 0.5) is 26.3 Å². The summed E-state index contributed by atoms with van der Waals surface area (Å²) in [5.41, 5.74) is -3.87. The lowest BCUT2D eigenvalue weighted by atomic mass is 9.81. The molecule has 6 nitrogen and oxygen atoms in total. The first-order valence-electron chi connectivity index (χ1n) is 14.7. The molecule has 0 aromatic heterocycles. The van der Waals surface area contributed by atoms with E-state index < -0.39 is 64.8 Å². The lowest BCUT2D eigenvalue weighted by molar-refractivity contribution is -0.162. The largest absolute Gasteiger partial charge is 0.481 e. The molecule has 1 atom stereocenters. The van der Waals surface area contributed by atoms with Crippen molar-refractivity contribution < 1.29 is 50.6 Å². The number of carboxylic acids is 1. The molecule has 0 saturated heterocycles. The van der Waals surface area contributed by atoms with Gasteiger partial charge in [-0.05, 0) is 48.1 Å². The van der Waals surface area contributed by atoms with Crippen molar-refractivity contribution in [2.75, 3.05) is 6.54 Å². The Kier molecular flexibility index (Phi) is 10.7. The normalized spacial score (nSPS) is 14.8.